The fourth-order valence-corrected chi connectivity index (χ4v) is 5.00. The van der Waals surface area contributed by atoms with E-state index in [2.05, 4.69) is 10.2 Å². The highest BCUT2D eigenvalue weighted by molar-refractivity contribution is 6.15. The third-order valence-corrected chi connectivity index (χ3v) is 6.60. The van der Waals surface area contributed by atoms with Gasteiger partial charge in [0.25, 0.3) is 5.91 Å². The van der Waals surface area contributed by atoms with Gasteiger partial charge in [0.1, 0.15) is 11.4 Å². The van der Waals surface area contributed by atoms with E-state index in [1.54, 1.807) is 11.0 Å². The molecule has 6 heteroatoms. The maximum atomic E-state index is 13.7. The summed E-state index contributed by atoms with van der Waals surface area (Å²) in [7, 11) is 0. The first kappa shape index (κ1) is 19.2. The van der Waals surface area contributed by atoms with Gasteiger partial charge in [-0.1, -0.05) is 37.1 Å². The molecule has 1 heterocycles. The average Bonchev–Trinajstić information content (AvgIpc) is 3.47. The molecule has 2 amide bonds. The van der Waals surface area contributed by atoms with Gasteiger partial charge in [-0.05, 0) is 55.5 Å². The van der Waals surface area contributed by atoms with Crippen LogP contribution in [0.5, 0.6) is 0 Å². The molecule has 2 aromatic carbocycles. The van der Waals surface area contributed by atoms with Gasteiger partial charge in [0, 0.05) is 12.6 Å². The molecule has 2 aromatic rings. The molecule has 30 heavy (non-hydrogen) atoms. The Labute approximate surface area is 175 Å². The summed E-state index contributed by atoms with van der Waals surface area (Å²) in [6.07, 6.45) is 5.35. The largest absolute Gasteiger partial charge is 0.322 e. The van der Waals surface area contributed by atoms with Crippen LogP contribution in [0.15, 0.2) is 48.5 Å². The van der Waals surface area contributed by atoms with Crippen molar-refractivity contribution in [3.05, 3.63) is 59.9 Å². The highest BCUT2D eigenvalue weighted by Gasteiger charge is 2.52. The SMILES string of the molecule is O=C(CN(Cc1cccc(F)c1)C1CC1)N1c2ccccc2NC(=O)C12CCCC2. The molecule has 0 aromatic heterocycles. The Kier molecular flexibility index (Phi) is 4.82. The highest BCUT2D eigenvalue weighted by Crippen LogP contribution is 2.45. The van der Waals surface area contributed by atoms with Crippen LogP contribution in [0.4, 0.5) is 15.8 Å². The lowest BCUT2D eigenvalue weighted by atomic mass is 9.89. The second-order valence-electron chi connectivity index (χ2n) is 8.71. The Morgan fingerprint density at radius 3 is 2.63 bits per heavy atom. The Balaban J connectivity index is 1.45. The van der Waals surface area contributed by atoms with Crippen molar-refractivity contribution in [1.29, 1.82) is 0 Å². The zero-order chi connectivity index (χ0) is 20.7. The molecule has 1 aliphatic heterocycles. The van der Waals surface area contributed by atoms with E-state index in [-0.39, 0.29) is 24.2 Å². The highest BCUT2D eigenvalue weighted by atomic mass is 19.1. The number of hydrogen-bond donors (Lipinski definition) is 1. The Morgan fingerprint density at radius 1 is 1.13 bits per heavy atom. The van der Waals surface area contributed by atoms with Crippen LogP contribution in [0.2, 0.25) is 0 Å². The quantitative estimate of drug-likeness (QED) is 0.812. The summed E-state index contributed by atoms with van der Waals surface area (Å²) in [5.41, 5.74) is 1.54. The maximum absolute atomic E-state index is 13.7. The van der Waals surface area contributed by atoms with Gasteiger partial charge in [0.2, 0.25) is 5.91 Å². The van der Waals surface area contributed by atoms with E-state index in [9.17, 15) is 14.0 Å². The van der Waals surface area contributed by atoms with Crippen LogP contribution in [0.3, 0.4) is 0 Å². The second-order valence-corrected chi connectivity index (χ2v) is 8.71. The summed E-state index contributed by atoms with van der Waals surface area (Å²) in [5, 5.41) is 3.02. The third-order valence-electron chi connectivity index (χ3n) is 6.60. The fraction of sp³-hybridized carbons (Fsp3) is 0.417. The summed E-state index contributed by atoms with van der Waals surface area (Å²) in [5.74, 6) is -0.390. The summed E-state index contributed by atoms with van der Waals surface area (Å²) >= 11 is 0. The van der Waals surface area contributed by atoms with Gasteiger partial charge in [0.15, 0.2) is 0 Å². The number of anilines is 2. The first-order chi connectivity index (χ1) is 14.6. The monoisotopic (exact) mass is 407 g/mol. The lowest BCUT2D eigenvalue weighted by Crippen LogP contribution is -2.62. The molecular weight excluding hydrogens is 381 g/mol. The number of benzene rings is 2. The lowest BCUT2D eigenvalue weighted by Gasteiger charge is -2.45. The number of rotatable bonds is 5. The first-order valence-electron chi connectivity index (χ1n) is 10.8. The van der Waals surface area contributed by atoms with Crippen molar-refractivity contribution in [3.63, 3.8) is 0 Å². The predicted octanol–water partition coefficient (Wildman–Crippen LogP) is 4.09. The molecule has 2 fully saturated rings. The number of para-hydroxylation sites is 2. The number of nitrogens with zero attached hydrogens (tertiary/aromatic N) is 2. The minimum atomic E-state index is -0.792. The number of amides is 2. The van der Waals surface area contributed by atoms with Crippen LogP contribution < -0.4 is 10.2 Å². The standard InChI is InChI=1S/C24H26FN3O2/c25-18-7-5-6-17(14-18)15-27(19-10-11-19)16-22(29)28-21-9-2-1-8-20(21)26-23(30)24(28)12-3-4-13-24/h1-2,5-9,14,19H,3-4,10-13,15-16H2,(H,26,30). The molecule has 0 radical (unpaired) electrons. The molecule has 0 saturated heterocycles. The van der Waals surface area contributed by atoms with Gasteiger partial charge in [-0.3, -0.25) is 19.4 Å². The van der Waals surface area contributed by atoms with E-state index in [0.29, 0.717) is 31.1 Å². The van der Waals surface area contributed by atoms with Gasteiger partial charge in [-0.25, -0.2) is 4.39 Å². The van der Waals surface area contributed by atoms with Crippen LogP contribution in [-0.2, 0) is 16.1 Å². The number of carbonyl (C=O) groups is 2. The third kappa shape index (κ3) is 3.39. The summed E-state index contributed by atoms with van der Waals surface area (Å²) in [6, 6.07) is 14.4. The minimum Gasteiger partial charge on any atom is -0.322 e. The zero-order valence-corrected chi connectivity index (χ0v) is 16.9. The summed E-state index contributed by atoms with van der Waals surface area (Å²) in [6.45, 7) is 0.757. The van der Waals surface area contributed by atoms with Crippen LogP contribution in [-0.4, -0.2) is 34.8 Å². The number of hydrogen-bond acceptors (Lipinski definition) is 3. The summed E-state index contributed by atoms with van der Waals surface area (Å²) < 4.78 is 13.7. The molecule has 0 unspecified atom stereocenters. The van der Waals surface area contributed by atoms with Gasteiger partial charge in [-0.15, -0.1) is 0 Å². The van der Waals surface area contributed by atoms with Crippen LogP contribution in [0, 0.1) is 5.82 Å². The molecule has 2 aliphatic carbocycles. The van der Waals surface area contributed by atoms with Gasteiger partial charge in [-0.2, -0.15) is 0 Å². The second kappa shape index (κ2) is 7.51. The number of halogens is 1. The lowest BCUT2D eigenvalue weighted by molar-refractivity contribution is -0.128. The van der Waals surface area contributed by atoms with E-state index in [1.807, 2.05) is 30.3 Å². The fourth-order valence-electron chi connectivity index (χ4n) is 5.00. The van der Waals surface area contributed by atoms with Crippen molar-refractivity contribution in [1.82, 2.24) is 4.90 Å². The van der Waals surface area contributed by atoms with Crippen molar-refractivity contribution >= 4 is 23.2 Å². The van der Waals surface area contributed by atoms with E-state index >= 15 is 0 Å². The normalized spacial score (nSPS) is 19.8. The average molecular weight is 407 g/mol. The Hall–Kier alpha value is -2.73. The smallest absolute Gasteiger partial charge is 0.250 e. The molecule has 5 rings (SSSR count). The van der Waals surface area contributed by atoms with Crippen molar-refractivity contribution in [2.45, 2.75) is 56.7 Å². The first-order valence-corrected chi connectivity index (χ1v) is 10.8. The summed E-state index contributed by atoms with van der Waals surface area (Å²) in [4.78, 5) is 30.7. The Bertz CT molecular complexity index is 982. The molecule has 156 valence electrons. The molecule has 0 bridgehead atoms. The molecule has 5 nitrogen and oxygen atoms in total. The molecular formula is C24H26FN3O2. The van der Waals surface area contributed by atoms with Gasteiger partial charge < -0.3 is 5.32 Å². The molecule has 1 N–H and O–H groups in total. The van der Waals surface area contributed by atoms with Gasteiger partial charge >= 0.3 is 0 Å². The Morgan fingerprint density at radius 2 is 1.90 bits per heavy atom. The van der Waals surface area contributed by atoms with Crippen LogP contribution in [0.25, 0.3) is 0 Å². The maximum Gasteiger partial charge on any atom is 0.250 e. The predicted molar refractivity (Wildman–Crippen MR) is 114 cm³/mol. The number of nitrogens with one attached hydrogen (secondary N) is 1. The zero-order valence-electron chi connectivity index (χ0n) is 16.9. The minimum absolute atomic E-state index is 0.0532. The van der Waals surface area contributed by atoms with E-state index in [1.165, 1.54) is 12.1 Å². The van der Waals surface area contributed by atoms with E-state index in [0.717, 1.165) is 36.9 Å². The van der Waals surface area contributed by atoms with Gasteiger partial charge in [0.05, 0.1) is 17.9 Å². The number of fused-ring (bicyclic) bond motifs is 1. The van der Waals surface area contributed by atoms with Crippen LogP contribution in [0.1, 0.15) is 44.1 Å². The van der Waals surface area contributed by atoms with Crippen molar-refractivity contribution in [2.24, 2.45) is 0 Å². The topological polar surface area (TPSA) is 52.7 Å². The van der Waals surface area contributed by atoms with Crippen molar-refractivity contribution in [3.8, 4) is 0 Å². The van der Waals surface area contributed by atoms with Crippen molar-refractivity contribution in [2.75, 3.05) is 16.8 Å². The van der Waals surface area contributed by atoms with Crippen LogP contribution >= 0.6 is 0 Å². The van der Waals surface area contributed by atoms with E-state index < -0.39 is 5.54 Å². The van der Waals surface area contributed by atoms with E-state index in [4.69, 9.17) is 0 Å². The molecule has 1 spiro atoms. The van der Waals surface area contributed by atoms with Crippen molar-refractivity contribution < 1.29 is 14.0 Å². The molecule has 0 atom stereocenters. The number of carbonyl (C=O) groups excluding carboxylic acids is 2. The molecule has 2 saturated carbocycles. The molecule has 3 aliphatic rings.